The molecule has 144 valence electrons. The molecule has 0 spiro atoms. The summed E-state index contributed by atoms with van der Waals surface area (Å²) in [6.07, 6.45) is 6.72. The van der Waals surface area contributed by atoms with Gasteiger partial charge in [-0.1, -0.05) is 32.9 Å². The molecule has 0 aromatic heterocycles. The molecule has 4 saturated carbocycles. The fraction of sp³-hybridized carbons (Fsp3) is 0.727. The largest absolute Gasteiger partial charge is 0.240 e. The predicted molar refractivity (Wildman–Crippen MR) is 105 cm³/mol. The van der Waals surface area contributed by atoms with Gasteiger partial charge in [-0.25, -0.2) is 13.1 Å². The van der Waals surface area contributed by atoms with E-state index in [2.05, 4.69) is 32.4 Å². The van der Waals surface area contributed by atoms with Gasteiger partial charge in [0.2, 0.25) is 10.0 Å². The van der Waals surface area contributed by atoms with Crippen molar-refractivity contribution in [1.29, 1.82) is 0 Å². The number of benzene rings is 1. The van der Waals surface area contributed by atoms with Gasteiger partial charge in [0, 0.05) is 6.04 Å². The molecule has 0 unspecified atom stereocenters. The number of hydrogen-bond acceptors (Lipinski definition) is 2. The van der Waals surface area contributed by atoms with Crippen LogP contribution in [0.3, 0.4) is 0 Å². The quantitative estimate of drug-likeness (QED) is 0.827. The van der Waals surface area contributed by atoms with E-state index in [-0.39, 0.29) is 11.5 Å². The highest BCUT2D eigenvalue weighted by Crippen LogP contribution is 2.57. The monoisotopic (exact) mass is 375 g/mol. The first-order chi connectivity index (χ1) is 12.1. The van der Waals surface area contributed by atoms with E-state index in [0.29, 0.717) is 10.8 Å². The molecule has 4 aliphatic rings. The van der Waals surface area contributed by atoms with Gasteiger partial charge in [0.25, 0.3) is 0 Å². The molecule has 4 bridgehead atoms. The van der Waals surface area contributed by atoms with Crippen LogP contribution in [0.1, 0.15) is 65.4 Å². The zero-order chi connectivity index (χ0) is 18.7. The number of sulfonamides is 1. The summed E-state index contributed by atoms with van der Waals surface area (Å²) in [7, 11) is -3.45. The third-order valence-electron chi connectivity index (χ3n) is 7.25. The molecule has 1 aromatic rings. The van der Waals surface area contributed by atoms with Crippen molar-refractivity contribution in [2.75, 3.05) is 0 Å². The van der Waals surface area contributed by atoms with E-state index in [1.165, 1.54) is 32.1 Å². The van der Waals surface area contributed by atoms with E-state index in [1.807, 2.05) is 12.1 Å². The van der Waals surface area contributed by atoms with Crippen LogP contribution in [0.15, 0.2) is 29.2 Å². The molecular formula is C22H33NO2S. The highest BCUT2D eigenvalue weighted by Gasteiger charge is 2.50. The highest BCUT2D eigenvalue weighted by molar-refractivity contribution is 7.89. The minimum atomic E-state index is -3.45. The van der Waals surface area contributed by atoms with E-state index < -0.39 is 10.0 Å². The Morgan fingerprint density at radius 1 is 0.923 bits per heavy atom. The lowest BCUT2D eigenvalue weighted by Gasteiger charge is -2.56. The Morgan fingerprint density at radius 3 is 1.88 bits per heavy atom. The first-order valence-electron chi connectivity index (χ1n) is 10.3. The molecule has 1 aromatic carbocycles. The molecule has 1 N–H and O–H groups in total. The van der Waals surface area contributed by atoms with Gasteiger partial charge in [0.1, 0.15) is 0 Å². The van der Waals surface area contributed by atoms with E-state index in [0.717, 1.165) is 29.2 Å². The molecule has 5 rings (SSSR count). The van der Waals surface area contributed by atoms with Crippen molar-refractivity contribution < 1.29 is 8.42 Å². The lowest BCUT2D eigenvalue weighted by atomic mass is 9.51. The van der Waals surface area contributed by atoms with Crippen LogP contribution in [0.4, 0.5) is 0 Å². The zero-order valence-corrected chi connectivity index (χ0v) is 17.4. The lowest BCUT2D eigenvalue weighted by Crippen LogP contribution is -2.52. The normalized spacial score (nSPS) is 34.8. The molecule has 0 heterocycles. The second kappa shape index (κ2) is 6.34. The van der Waals surface area contributed by atoms with Gasteiger partial charge >= 0.3 is 0 Å². The maximum Gasteiger partial charge on any atom is 0.240 e. The lowest BCUT2D eigenvalue weighted by molar-refractivity contribution is -0.0463. The number of rotatable bonds is 4. The van der Waals surface area contributed by atoms with Crippen molar-refractivity contribution in [3.05, 3.63) is 29.8 Å². The van der Waals surface area contributed by atoms with Gasteiger partial charge < -0.3 is 0 Å². The third-order valence-corrected chi connectivity index (χ3v) is 8.82. The van der Waals surface area contributed by atoms with E-state index in [9.17, 15) is 8.42 Å². The first-order valence-corrected chi connectivity index (χ1v) is 11.7. The number of nitrogens with one attached hydrogen (secondary N) is 1. The van der Waals surface area contributed by atoms with Crippen LogP contribution < -0.4 is 4.72 Å². The highest BCUT2D eigenvalue weighted by atomic mass is 32.2. The Hall–Kier alpha value is -0.870. The van der Waals surface area contributed by atoms with Gasteiger partial charge in [0.15, 0.2) is 0 Å². The summed E-state index contributed by atoms with van der Waals surface area (Å²) in [4.78, 5) is 0.390. The van der Waals surface area contributed by atoms with Crippen LogP contribution in [-0.4, -0.2) is 14.5 Å². The molecule has 26 heavy (non-hydrogen) atoms. The Balaban J connectivity index is 1.49. The molecule has 0 saturated heterocycles. The molecular weight excluding hydrogens is 342 g/mol. The molecule has 0 amide bonds. The smallest absolute Gasteiger partial charge is 0.208 e. The molecule has 4 heteroatoms. The summed E-state index contributed by atoms with van der Waals surface area (Å²) in [6, 6.07) is 7.43. The maximum absolute atomic E-state index is 12.9. The fourth-order valence-electron chi connectivity index (χ4n) is 6.31. The topological polar surface area (TPSA) is 46.2 Å². The Kier molecular flexibility index (Phi) is 4.51. The number of hydrogen-bond donors (Lipinski definition) is 1. The van der Waals surface area contributed by atoms with Crippen molar-refractivity contribution in [3.63, 3.8) is 0 Å². The SMILES string of the molecule is C[C@H](NS(=O)(=O)c1ccc(C(C)(C)C)cc1)C1C2CC3CC(C2)CC1C3. The van der Waals surface area contributed by atoms with Gasteiger partial charge in [-0.15, -0.1) is 0 Å². The predicted octanol–water partition coefficient (Wildman–Crippen LogP) is 4.72. The van der Waals surface area contributed by atoms with Gasteiger partial charge in [-0.2, -0.15) is 0 Å². The summed E-state index contributed by atoms with van der Waals surface area (Å²) in [5.74, 6) is 3.82. The zero-order valence-electron chi connectivity index (χ0n) is 16.5. The standard InChI is InChI=1S/C22H33NO2S/c1-14(21-17-10-15-9-16(12-17)13-18(21)11-15)23-26(24,25)20-7-5-19(6-8-20)22(2,3)4/h5-8,14-18,21,23H,9-13H2,1-4H3/t14-,15?,16?,17?,18?,21?/m0/s1. The van der Waals surface area contributed by atoms with Gasteiger partial charge in [-0.3, -0.25) is 0 Å². The van der Waals surface area contributed by atoms with Gasteiger partial charge in [-0.05, 0) is 91.7 Å². The van der Waals surface area contributed by atoms with Crippen molar-refractivity contribution in [3.8, 4) is 0 Å². The Morgan fingerprint density at radius 2 is 1.42 bits per heavy atom. The van der Waals surface area contributed by atoms with Crippen LogP contribution in [0.5, 0.6) is 0 Å². The van der Waals surface area contributed by atoms with Crippen molar-refractivity contribution >= 4 is 10.0 Å². The van der Waals surface area contributed by atoms with Gasteiger partial charge in [0.05, 0.1) is 4.90 Å². The van der Waals surface area contributed by atoms with Crippen molar-refractivity contribution in [2.45, 2.75) is 76.2 Å². The summed E-state index contributed by atoms with van der Waals surface area (Å²) >= 11 is 0. The Bertz CT molecular complexity index is 732. The fourth-order valence-corrected chi connectivity index (χ4v) is 7.59. The molecule has 4 aliphatic carbocycles. The molecule has 1 atom stereocenters. The second-order valence-electron chi connectivity index (χ2n) is 10.2. The minimum Gasteiger partial charge on any atom is -0.208 e. The third kappa shape index (κ3) is 3.35. The second-order valence-corrected chi connectivity index (χ2v) is 11.9. The Labute approximate surface area is 159 Å². The van der Waals surface area contributed by atoms with E-state index in [1.54, 1.807) is 12.1 Å². The summed E-state index contributed by atoms with van der Waals surface area (Å²) in [5, 5.41) is 0. The summed E-state index contributed by atoms with van der Waals surface area (Å²) < 4.78 is 28.9. The molecule has 0 radical (unpaired) electrons. The molecule has 3 nitrogen and oxygen atoms in total. The van der Waals surface area contributed by atoms with E-state index in [4.69, 9.17) is 0 Å². The average molecular weight is 376 g/mol. The maximum atomic E-state index is 12.9. The summed E-state index contributed by atoms with van der Waals surface area (Å²) in [5.41, 5.74) is 1.19. The molecule has 4 fully saturated rings. The minimum absolute atomic E-state index is 0.0253. The van der Waals surface area contributed by atoms with Crippen molar-refractivity contribution in [1.82, 2.24) is 4.72 Å². The first kappa shape index (κ1) is 18.5. The van der Waals surface area contributed by atoms with Crippen LogP contribution >= 0.6 is 0 Å². The van der Waals surface area contributed by atoms with Crippen LogP contribution in [0, 0.1) is 29.6 Å². The van der Waals surface area contributed by atoms with Crippen LogP contribution in [0.2, 0.25) is 0 Å². The van der Waals surface area contributed by atoms with Crippen LogP contribution in [-0.2, 0) is 15.4 Å². The summed E-state index contributed by atoms with van der Waals surface area (Å²) in [6.45, 7) is 8.52. The van der Waals surface area contributed by atoms with Crippen molar-refractivity contribution in [2.24, 2.45) is 29.6 Å². The molecule has 0 aliphatic heterocycles. The van der Waals surface area contributed by atoms with Crippen LogP contribution in [0.25, 0.3) is 0 Å². The average Bonchev–Trinajstić information content (AvgIpc) is 2.52. The van der Waals surface area contributed by atoms with E-state index >= 15 is 0 Å².